The van der Waals surface area contributed by atoms with E-state index in [9.17, 15) is 4.79 Å². The highest BCUT2D eigenvalue weighted by atomic mass is 32.1. The summed E-state index contributed by atoms with van der Waals surface area (Å²) in [6, 6.07) is 1.56. The summed E-state index contributed by atoms with van der Waals surface area (Å²) < 4.78 is 0. The van der Waals surface area contributed by atoms with Crippen molar-refractivity contribution in [2.45, 2.75) is 25.3 Å². The van der Waals surface area contributed by atoms with E-state index in [2.05, 4.69) is 5.32 Å². The molecule has 1 aliphatic carbocycles. The van der Waals surface area contributed by atoms with Gasteiger partial charge in [0.25, 0.3) is 0 Å². The Morgan fingerprint density at radius 3 is 3.29 bits per heavy atom. The van der Waals surface area contributed by atoms with Crippen LogP contribution in [0.1, 0.15) is 29.3 Å². The van der Waals surface area contributed by atoms with E-state index in [1.165, 1.54) is 10.4 Å². The van der Waals surface area contributed by atoms with Crippen molar-refractivity contribution in [2.75, 3.05) is 0 Å². The van der Waals surface area contributed by atoms with E-state index in [0.717, 1.165) is 19.3 Å². The van der Waals surface area contributed by atoms with Gasteiger partial charge >= 0.3 is 6.03 Å². The summed E-state index contributed by atoms with van der Waals surface area (Å²) in [6.45, 7) is 0. The van der Waals surface area contributed by atoms with Crippen LogP contribution in [0.5, 0.6) is 0 Å². The Kier molecular flexibility index (Phi) is 2.69. The van der Waals surface area contributed by atoms with Crippen LogP contribution >= 0.6 is 11.3 Å². The average Bonchev–Trinajstić information content (AvgIpc) is 2.66. The van der Waals surface area contributed by atoms with Gasteiger partial charge in [0.05, 0.1) is 6.04 Å². The van der Waals surface area contributed by atoms with Crippen LogP contribution in [0.2, 0.25) is 0 Å². The van der Waals surface area contributed by atoms with E-state index in [0.29, 0.717) is 0 Å². The summed E-state index contributed by atoms with van der Waals surface area (Å²) in [4.78, 5) is 12.3. The largest absolute Gasteiger partial charge is 0.338 e. The zero-order chi connectivity index (χ0) is 9.97. The first-order chi connectivity index (χ1) is 6.81. The summed E-state index contributed by atoms with van der Waals surface area (Å²) in [5, 5.41) is 13.2. The standard InChI is InChI=1S/C9H12N2O2S/c12-9(11-13)10-7-2-1-3-8-6(7)4-5-14-8/h4-5,7,13H,1-3H2,(H2,10,11,12). The molecule has 3 N–H and O–H groups in total. The Balaban J connectivity index is 2.12. The van der Waals surface area contributed by atoms with Gasteiger partial charge in [0.15, 0.2) is 0 Å². The Bertz CT molecular complexity index is 337. The predicted octanol–water partition coefficient (Wildman–Crippen LogP) is 1.81. The topological polar surface area (TPSA) is 61.4 Å². The number of urea groups is 1. The van der Waals surface area contributed by atoms with Crippen molar-refractivity contribution in [2.24, 2.45) is 0 Å². The molecule has 0 aliphatic heterocycles. The van der Waals surface area contributed by atoms with Crippen LogP contribution in [0.4, 0.5) is 4.79 Å². The van der Waals surface area contributed by atoms with Crippen LogP contribution < -0.4 is 10.8 Å². The van der Waals surface area contributed by atoms with Gasteiger partial charge in [0.1, 0.15) is 0 Å². The molecule has 0 bridgehead atoms. The number of carbonyl (C=O) groups is 1. The molecule has 1 atom stereocenters. The highest BCUT2D eigenvalue weighted by Crippen LogP contribution is 2.32. The third kappa shape index (κ3) is 1.73. The molecule has 1 aromatic rings. The lowest BCUT2D eigenvalue weighted by molar-refractivity contribution is 0.158. The van der Waals surface area contributed by atoms with Crippen LogP contribution in [-0.4, -0.2) is 11.2 Å². The predicted molar refractivity (Wildman–Crippen MR) is 53.5 cm³/mol. The number of thiophene rings is 1. The number of aryl methyl sites for hydroxylation is 1. The molecule has 1 heterocycles. The molecule has 14 heavy (non-hydrogen) atoms. The molecule has 2 rings (SSSR count). The summed E-state index contributed by atoms with van der Waals surface area (Å²) in [6.07, 6.45) is 3.13. The summed E-state index contributed by atoms with van der Waals surface area (Å²) in [5.74, 6) is 0. The molecule has 0 saturated carbocycles. The molecule has 4 nitrogen and oxygen atoms in total. The van der Waals surface area contributed by atoms with Gasteiger partial charge in [-0.15, -0.1) is 11.3 Å². The highest BCUT2D eigenvalue weighted by Gasteiger charge is 2.22. The van der Waals surface area contributed by atoms with Gasteiger partial charge in [0, 0.05) is 4.88 Å². The first-order valence-corrected chi connectivity index (χ1v) is 5.46. The molecule has 1 aliphatic rings. The Morgan fingerprint density at radius 2 is 2.50 bits per heavy atom. The second-order valence-corrected chi connectivity index (χ2v) is 4.33. The first kappa shape index (κ1) is 9.48. The number of rotatable bonds is 1. The van der Waals surface area contributed by atoms with E-state index in [1.54, 1.807) is 16.8 Å². The summed E-state index contributed by atoms with van der Waals surface area (Å²) >= 11 is 1.73. The van der Waals surface area contributed by atoms with Crippen molar-refractivity contribution >= 4 is 17.4 Å². The molecular weight excluding hydrogens is 200 g/mol. The minimum atomic E-state index is -0.533. The monoisotopic (exact) mass is 212 g/mol. The molecule has 0 spiro atoms. The lowest BCUT2D eigenvalue weighted by Crippen LogP contribution is -2.37. The van der Waals surface area contributed by atoms with Gasteiger partial charge in [0.2, 0.25) is 0 Å². The molecule has 1 unspecified atom stereocenters. The summed E-state index contributed by atoms with van der Waals surface area (Å²) in [5.41, 5.74) is 2.79. The van der Waals surface area contributed by atoms with Crippen molar-refractivity contribution in [1.29, 1.82) is 0 Å². The Morgan fingerprint density at radius 1 is 1.64 bits per heavy atom. The molecule has 1 aromatic heterocycles. The Hall–Kier alpha value is -1.07. The van der Waals surface area contributed by atoms with Crippen LogP contribution in [0.3, 0.4) is 0 Å². The molecule has 2 amide bonds. The number of amides is 2. The molecule has 76 valence electrons. The van der Waals surface area contributed by atoms with Gasteiger partial charge in [-0.1, -0.05) is 0 Å². The number of hydrogen-bond acceptors (Lipinski definition) is 3. The zero-order valence-electron chi connectivity index (χ0n) is 7.62. The van der Waals surface area contributed by atoms with Gasteiger partial charge in [-0.3, -0.25) is 5.21 Å². The minimum absolute atomic E-state index is 0.0529. The van der Waals surface area contributed by atoms with Gasteiger partial charge in [-0.25, -0.2) is 10.3 Å². The van der Waals surface area contributed by atoms with Crippen molar-refractivity contribution in [3.05, 3.63) is 21.9 Å². The fraction of sp³-hybridized carbons (Fsp3) is 0.444. The lowest BCUT2D eigenvalue weighted by atomic mass is 9.94. The van der Waals surface area contributed by atoms with Crippen LogP contribution in [0.15, 0.2) is 11.4 Å². The molecule has 0 radical (unpaired) electrons. The third-order valence-corrected chi connectivity index (χ3v) is 3.46. The normalized spacial score (nSPS) is 19.9. The van der Waals surface area contributed by atoms with Gasteiger partial charge < -0.3 is 5.32 Å². The number of fused-ring (bicyclic) bond motifs is 1. The maximum absolute atomic E-state index is 10.9. The van der Waals surface area contributed by atoms with Crippen molar-refractivity contribution in [3.63, 3.8) is 0 Å². The maximum atomic E-state index is 10.9. The van der Waals surface area contributed by atoms with Crippen LogP contribution in [-0.2, 0) is 6.42 Å². The Labute approximate surface area is 85.9 Å². The molecule has 0 saturated heterocycles. The van der Waals surface area contributed by atoms with Crippen molar-refractivity contribution < 1.29 is 10.0 Å². The van der Waals surface area contributed by atoms with Gasteiger partial charge in [-0.05, 0) is 36.3 Å². The first-order valence-electron chi connectivity index (χ1n) is 4.58. The van der Waals surface area contributed by atoms with Crippen molar-refractivity contribution in [1.82, 2.24) is 10.8 Å². The lowest BCUT2D eigenvalue weighted by Gasteiger charge is -2.23. The SMILES string of the molecule is O=C(NO)NC1CCCc2sccc21. The highest BCUT2D eigenvalue weighted by molar-refractivity contribution is 7.10. The van der Waals surface area contributed by atoms with Crippen LogP contribution in [0.25, 0.3) is 0 Å². The van der Waals surface area contributed by atoms with Crippen molar-refractivity contribution in [3.8, 4) is 0 Å². The smallest absolute Gasteiger partial charge is 0.330 e. The fourth-order valence-electron chi connectivity index (χ4n) is 1.83. The molecule has 0 fully saturated rings. The fourth-order valence-corrected chi connectivity index (χ4v) is 2.81. The number of carbonyl (C=O) groups excluding carboxylic acids is 1. The average molecular weight is 212 g/mol. The quantitative estimate of drug-likeness (QED) is 0.491. The minimum Gasteiger partial charge on any atom is -0.330 e. The van der Waals surface area contributed by atoms with E-state index >= 15 is 0 Å². The maximum Gasteiger partial charge on any atom is 0.338 e. The third-order valence-electron chi connectivity index (χ3n) is 2.46. The molecule has 0 aromatic carbocycles. The zero-order valence-corrected chi connectivity index (χ0v) is 8.43. The van der Waals surface area contributed by atoms with E-state index < -0.39 is 6.03 Å². The van der Waals surface area contributed by atoms with Crippen LogP contribution in [0, 0.1) is 0 Å². The van der Waals surface area contributed by atoms with E-state index in [-0.39, 0.29) is 6.04 Å². The molecular formula is C9H12N2O2S. The second-order valence-electron chi connectivity index (χ2n) is 3.33. The number of nitrogens with one attached hydrogen (secondary N) is 2. The summed E-state index contributed by atoms with van der Waals surface area (Å²) in [7, 11) is 0. The van der Waals surface area contributed by atoms with E-state index in [4.69, 9.17) is 5.21 Å². The number of hydroxylamine groups is 1. The second kappa shape index (κ2) is 3.98. The number of hydrogen-bond donors (Lipinski definition) is 3. The van der Waals surface area contributed by atoms with E-state index in [1.807, 2.05) is 11.4 Å². The molecule has 5 heteroatoms. The van der Waals surface area contributed by atoms with Gasteiger partial charge in [-0.2, -0.15) is 0 Å².